The Bertz CT molecular complexity index is 741. The van der Waals surface area contributed by atoms with Crippen molar-refractivity contribution in [2.45, 2.75) is 26.7 Å². The highest BCUT2D eigenvalue weighted by molar-refractivity contribution is 6.30. The Hall–Kier alpha value is -2.33. The number of hydrogen-bond acceptors (Lipinski definition) is 2. The molecule has 5 heteroatoms. The molecule has 1 amide bonds. The topological polar surface area (TPSA) is 66.4 Å². The van der Waals surface area contributed by atoms with Gasteiger partial charge < -0.3 is 10.4 Å². The quantitative estimate of drug-likeness (QED) is 0.823. The monoisotopic (exact) mass is 345 g/mol. The first-order chi connectivity index (χ1) is 11.3. The summed E-state index contributed by atoms with van der Waals surface area (Å²) in [6, 6.07) is 12.7. The third-order valence-electron chi connectivity index (χ3n) is 3.96. The zero-order valence-electron chi connectivity index (χ0n) is 13.7. The second kappa shape index (κ2) is 7.97. The Balaban J connectivity index is 2.13. The Morgan fingerprint density at radius 1 is 1.08 bits per heavy atom. The van der Waals surface area contributed by atoms with E-state index < -0.39 is 11.9 Å². The summed E-state index contributed by atoms with van der Waals surface area (Å²) in [7, 11) is 0. The number of nitrogens with one attached hydrogen (secondary N) is 1. The second-order valence-corrected chi connectivity index (χ2v) is 6.35. The highest BCUT2D eigenvalue weighted by atomic mass is 35.5. The van der Waals surface area contributed by atoms with Gasteiger partial charge in [-0.05, 0) is 61.2 Å². The molecule has 2 aromatic rings. The number of aliphatic carboxylic acids is 1. The van der Waals surface area contributed by atoms with Gasteiger partial charge >= 0.3 is 5.97 Å². The molecule has 2 rings (SSSR count). The largest absolute Gasteiger partial charge is 0.481 e. The van der Waals surface area contributed by atoms with Crippen molar-refractivity contribution in [2.24, 2.45) is 5.92 Å². The molecular weight excluding hydrogens is 326 g/mol. The van der Waals surface area contributed by atoms with Crippen molar-refractivity contribution in [3.05, 3.63) is 64.2 Å². The molecule has 0 aliphatic rings. The summed E-state index contributed by atoms with van der Waals surface area (Å²) < 4.78 is 0. The number of carbonyl (C=O) groups is 2. The van der Waals surface area contributed by atoms with Crippen LogP contribution in [0.1, 0.15) is 23.1 Å². The fourth-order valence-corrected chi connectivity index (χ4v) is 2.56. The van der Waals surface area contributed by atoms with Gasteiger partial charge in [-0.2, -0.15) is 0 Å². The van der Waals surface area contributed by atoms with Crippen LogP contribution in [0, 0.1) is 19.8 Å². The van der Waals surface area contributed by atoms with Gasteiger partial charge in [0.1, 0.15) is 0 Å². The van der Waals surface area contributed by atoms with Gasteiger partial charge in [-0.15, -0.1) is 0 Å². The number of rotatable bonds is 6. The molecule has 2 aromatic carbocycles. The standard InChI is InChI=1S/C19H20ClNO3/c1-12-3-8-17(9-13(12)2)21-19(24)15(11-18(22)23)10-14-4-6-16(20)7-5-14/h3-9,15H,10-11H2,1-2H3,(H,21,24)(H,22,23)/t15-/m0/s1. The Morgan fingerprint density at radius 3 is 2.33 bits per heavy atom. The fourth-order valence-electron chi connectivity index (χ4n) is 2.44. The zero-order valence-corrected chi connectivity index (χ0v) is 14.4. The molecule has 0 saturated carbocycles. The van der Waals surface area contributed by atoms with Gasteiger partial charge in [0.15, 0.2) is 0 Å². The smallest absolute Gasteiger partial charge is 0.304 e. The highest BCUT2D eigenvalue weighted by Crippen LogP contribution is 2.19. The Morgan fingerprint density at radius 2 is 1.75 bits per heavy atom. The van der Waals surface area contributed by atoms with E-state index in [4.69, 9.17) is 16.7 Å². The number of benzene rings is 2. The van der Waals surface area contributed by atoms with Crippen molar-refractivity contribution in [1.82, 2.24) is 0 Å². The van der Waals surface area contributed by atoms with E-state index in [0.717, 1.165) is 16.7 Å². The van der Waals surface area contributed by atoms with Crippen molar-refractivity contribution >= 4 is 29.2 Å². The van der Waals surface area contributed by atoms with Crippen LogP contribution in [-0.2, 0) is 16.0 Å². The summed E-state index contributed by atoms with van der Waals surface area (Å²) in [5, 5.41) is 12.5. The van der Waals surface area contributed by atoms with Crippen LogP contribution in [0.3, 0.4) is 0 Å². The van der Waals surface area contributed by atoms with Crippen molar-refractivity contribution in [3.8, 4) is 0 Å². The molecule has 4 nitrogen and oxygen atoms in total. The van der Waals surface area contributed by atoms with Gasteiger partial charge in [-0.3, -0.25) is 9.59 Å². The third-order valence-corrected chi connectivity index (χ3v) is 4.21. The van der Waals surface area contributed by atoms with Crippen molar-refractivity contribution in [3.63, 3.8) is 0 Å². The molecule has 0 fully saturated rings. The van der Waals surface area contributed by atoms with Crippen LogP contribution in [0.4, 0.5) is 5.69 Å². The summed E-state index contributed by atoms with van der Waals surface area (Å²) in [5.74, 6) is -1.94. The Labute approximate surface area is 146 Å². The van der Waals surface area contributed by atoms with Crippen LogP contribution in [0.25, 0.3) is 0 Å². The fraction of sp³-hybridized carbons (Fsp3) is 0.263. The number of anilines is 1. The molecule has 0 unspecified atom stereocenters. The average molecular weight is 346 g/mol. The third kappa shape index (κ3) is 5.10. The number of carbonyl (C=O) groups excluding carboxylic acids is 1. The molecule has 0 aliphatic heterocycles. The summed E-state index contributed by atoms with van der Waals surface area (Å²) >= 11 is 5.86. The first kappa shape index (κ1) is 18.0. The predicted molar refractivity (Wildman–Crippen MR) is 95.4 cm³/mol. The van der Waals surface area contributed by atoms with Gasteiger partial charge in [-0.1, -0.05) is 29.8 Å². The van der Waals surface area contributed by atoms with E-state index in [0.29, 0.717) is 17.1 Å². The number of carboxylic acid groups (broad SMARTS) is 1. The number of carboxylic acids is 1. The lowest BCUT2D eigenvalue weighted by atomic mass is 9.95. The highest BCUT2D eigenvalue weighted by Gasteiger charge is 2.22. The molecule has 126 valence electrons. The first-order valence-electron chi connectivity index (χ1n) is 7.69. The normalized spacial score (nSPS) is 11.8. The molecule has 0 saturated heterocycles. The lowest BCUT2D eigenvalue weighted by Crippen LogP contribution is -2.27. The number of amides is 1. The zero-order chi connectivity index (χ0) is 17.7. The number of hydrogen-bond donors (Lipinski definition) is 2. The first-order valence-corrected chi connectivity index (χ1v) is 8.07. The summed E-state index contributed by atoms with van der Waals surface area (Å²) in [6.07, 6.45) is 0.124. The molecule has 0 heterocycles. The number of aryl methyl sites for hydroxylation is 2. The molecule has 0 bridgehead atoms. The van der Waals surface area contributed by atoms with E-state index in [9.17, 15) is 9.59 Å². The van der Waals surface area contributed by atoms with Gasteiger partial charge in [0.2, 0.25) is 5.91 Å². The molecule has 1 atom stereocenters. The minimum Gasteiger partial charge on any atom is -0.481 e. The maximum absolute atomic E-state index is 12.5. The minimum atomic E-state index is -0.996. The van der Waals surface area contributed by atoms with Crippen LogP contribution < -0.4 is 5.32 Å². The molecule has 0 spiro atoms. The van der Waals surface area contributed by atoms with Gasteiger partial charge in [-0.25, -0.2) is 0 Å². The van der Waals surface area contributed by atoms with Gasteiger partial charge in [0, 0.05) is 10.7 Å². The summed E-state index contributed by atoms with van der Waals surface area (Å²) in [6.45, 7) is 3.96. The van der Waals surface area contributed by atoms with E-state index in [1.165, 1.54) is 0 Å². The predicted octanol–water partition coefficient (Wildman–Crippen LogP) is 4.23. The summed E-state index contributed by atoms with van der Waals surface area (Å²) in [4.78, 5) is 23.6. The van der Waals surface area contributed by atoms with E-state index in [1.807, 2.05) is 32.0 Å². The molecule has 0 aliphatic carbocycles. The molecule has 2 N–H and O–H groups in total. The van der Waals surface area contributed by atoms with Crippen molar-refractivity contribution in [1.29, 1.82) is 0 Å². The van der Waals surface area contributed by atoms with Crippen LogP contribution in [0.15, 0.2) is 42.5 Å². The van der Waals surface area contributed by atoms with Crippen molar-refractivity contribution in [2.75, 3.05) is 5.32 Å². The minimum absolute atomic E-state index is 0.223. The van der Waals surface area contributed by atoms with Crippen molar-refractivity contribution < 1.29 is 14.7 Å². The number of halogens is 1. The van der Waals surface area contributed by atoms with Gasteiger partial charge in [0.25, 0.3) is 0 Å². The van der Waals surface area contributed by atoms with E-state index in [2.05, 4.69) is 5.32 Å². The summed E-state index contributed by atoms with van der Waals surface area (Å²) in [5.41, 5.74) is 3.76. The SMILES string of the molecule is Cc1ccc(NC(=O)[C@H](CC(=O)O)Cc2ccc(Cl)cc2)cc1C. The molecule has 0 radical (unpaired) electrons. The van der Waals surface area contributed by atoms with E-state index >= 15 is 0 Å². The van der Waals surface area contributed by atoms with Crippen LogP contribution in [-0.4, -0.2) is 17.0 Å². The maximum Gasteiger partial charge on any atom is 0.304 e. The Kier molecular flexibility index (Phi) is 5.99. The molecule has 0 aromatic heterocycles. The van der Waals surface area contributed by atoms with Crippen LogP contribution in [0.5, 0.6) is 0 Å². The van der Waals surface area contributed by atoms with Crippen LogP contribution in [0.2, 0.25) is 5.02 Å². The molecule has 24 heavy (non-hydrogen) atoms. The van der Waals surface area contributed by atoms with Crippen LogP contribution >= 0.6 is 11.6 Å². The second-order valence-electron chi connectivity index (χ2n) is 5.91. The van der Waals surface area contributed by atoms with E-state index in [-0.39, 0.29) is 12.3 Å². The average Bonchev–Trinajstić information content (AvgIpc) is 2.52. The lowest BCUT2D eigenvalue weighted by Gasteiger charge is -2.16. The maximum atomic E-state index is 12.5. The molecular formula is C19H20ClNO3. The lowest BCUT2D eigenvalue weighted by molar-refractivity contribution is -0.140. The van der Waals surface area contributed by atoms with Gasteiger partial charge in [0.05, 0.1) is 12.3 Å². The van der Waals surface area contributed by atoms with E-state index in [1.54, 1.807) is 24.3 Å².